The van der Waals surface area contributed by atoms with Gasteiger partial charge in [0.25, 0.3) is 0 Å². The van der Waals surface area contributed by atoms with Crippen LogP contribution in [-0.2, 0) is 4.79 Å². The molecule has 0 atom stereocenters. The van der Waals surface area contributed by atoms with Crippen molar-refractivity contribution in [1.82, 2.24) is 0 Å². The Hall–Kier alpha value is -1.46. The van der Waals surface area contributed by atoms with Gasteiger partial charge in [-0.2, -0.15) is 0 Å². The lowest BCUT2D eigenvalue weighted by Gasteiger charge is -2.05. The molecule has 0 aliphatic heterocycles. The maximum Gasteiger partial charge on any atom is 0.248 e. The van der Waals surface area contributed by atoms with Crippen LogP contribution in [0.1, 0.15) is 5.56 Å². The Labute approximate surface area is 133 Å². The van der Waals surface area contributed by atoms with Gasteiger partial charge in [-0.3, -0.25) is 4.79 Å². The normalized spacial score (nSPS) is 10.8. The van der Waals surface area contributed by atoms with Gasteiger partial charge in [0.1, 0.15) is 5.82 Å². The molecule has 2 nitrogen and oxygen atoms in total. The molecule has 0 bridgehead atoms. The van der Waals surface area contributed by atoms with E-state index in [0.717, 1.165) is 14.5 Å². The van der Waals surface area contributed by atoms with Gasteiger partial charge in [0.15, 0.2) is 0 Å². The number of carbonyl (C=O) groups is 1. The van der Waals surface area contributed by atoms with Crippen LogP contribution < -0.4 is 5.32 Å². The standard InChI is InChI=1S/C15H10Br2FNO/c16-11-4-7-14(13(17)9-11)19-15(20)8-3-10-1-5-12(18)6-2-10/h1-9H,(H,19,20)/b8-3+. The smallest absolute Gasteiger partial charge is 0.248 e. The first-order valence-electron chi connectivity index (χ1n) is 5.74. The van der Waals surface area contributed by atoms with E-state index in [1.807, 2.05) is 12.1 Å². The molecule has 0 aliphatic carbocycles. The molecule has 0 saturated carbocycles. The zero-order valence-electron chi connectivity index (χ0n) is 10.2. The van der Waals surface area contributed by atoms with Crippen LogP contribution >= 0.6 is 31.9 Å². The van der Waals surface area contributed by atoms with E-state index in [9.17, 15) is 9.18 Å². The number of rotatable bonds is 3. The molecule has 1 amide bonds. The van der Waals surface area contributed by atoms with Crippen LogP contribution in [0.15, 0.2) is 57.5 Å². The van der Waals surface area contributed by atoms with E-state index in [1.54, 1.807) is 24.3 Å². The number of amides is 1. The molecule has 20 heavy (non-hydrogen) atoms. The number of halogens is 3. The van der Waals surface area contributed by atoms with Gasteiger partial charge in [0, 0.05) is 15.0 Å². The van der Waals surface area contributed by atoms with Gasteiger partial charge in [-0.1, -0.05) is 28.1 Å². The fraction of sp³-hybridized carbons (Fsp3) is 0. The molecule has 0 fully saturated rings. The average Bonchev–Trinajstić information content (AvgIpc) is 2.41. The fourth-order valence-corrected chi connectivity index (χ4v) is 2.66. The van der Waals surface area contributed by atoms with Gasteiger partial charge in [-0.25, -0.2) is 4.39 Å². The minimum Gasteiger partial charge on any atom is -0.321 e. The summed E-state index contributed by atoms with van der Waals surface area (Å²) in [7, 11) is 0. The van der Waals surface area contributed by atoms with Crippen molar-refractivity contribution in [3.05, 3.63) is 68.9 Å². The molecule has 0 saturated heterocycles. The van der Waals surface area contributed by atoms with Gasteiger partial charge in [0.2, 0.25) is 5.91 Å². The zero-order chi connectivity index (χ0) is 14.5. The molecule has 0 aromatic heterocycles. The molecule has 102 valence electrons. The number of benzene rings is 2. The van der Waals surface area contributed by atoms with Crippen LogP contribution in [-0.4, -0.2) is 5.91 Å². The summed E-state index contributed by atoms with van der Waals surface area (Å²) >= 11 is 6.71. The molecule has 2 rings (SSSR count). The maximum atomic E-state index is 12.7. The lowest BCUT2D eigenvalue weighted by Crippen LogP contribution is -2.08. The van der Waals surface area contributed by atoms with Crippen molar-refractivity contribution in [1.29, 1.82) is 0 Å². The van der Waals surface area contributed by atoms with E-state index >= 15 is 0 Å². The summed E-state index contributed by atoms with van der Waals surface area (Å²) in [5, 5.41) is 2.75. The van der Waals surface area contributed by atoms with Crippen LogP contribution in [0.25, 0.3) is 6.08 Å². The van der Waals surface area contributed by atoms with E-state index in [1.165, 1.54) is 18.2 Å². The summed E-state index contributed by atoms with van der Waals surface area (Å²) in [4.78, 5) is 11.8. The van der Waals surface area contributed by atoms with E-state index in [4.69, 9.17) is 0 Å². The Bertz CT molecular complexity index is 653. The SMILES string of the molecule is O=C(/C=C/c1ccc(F)cc1)Nc1ccc(Br)cc1Br. The van der Waals surface area contributed by atoms with E-state index in [2.05, 4.69) is 37.2 Å². The van der Waals surface area contributed by atoms with Gasteiger partial charge in [-0.05, 0) is 57.9 Å². The molecular formula is C15H10Br2FNO. The van der Waals surface area contributed by atoms with E-state index in [-0.39, 0.29) is 11.7 Å². The van der Waals surface area contributed by atoms with Crippen LogP contribution in [0, 0.1) is 5.82 Å². The molecule has 0 heterocycles. The quantitative estimate of drug-likeness (QED) is 0.724. The lowest BCUT2D eigenvalue weighted by atomic mass is 10.2. The molecule has 2 aromatic rings. The third kappa shape index (κ3) is 4.28. The Balaban J connectivity index is 2.03. The lowest BCUT2D eigenvalue weighted by molar-refractivity contribution is -0.111. The van der Waals surface area contributed by atoms with Crippen LogP contribution in [0.2, 0.25) is 0 Å². The first-order valence-corrected chi connectivity index (χ1v) is 7.33. The summed E-state index contributed by atoms with van der Waals surface area (Å²) < 4.78 is 14.4. The van der Waals surface area contributed by atoms with Crippen molar-refractivity contribution in [3.63, 3.8) is 0 Å². The Morgan fingerprint density at radius 1 is 1.10 bits per heavy atom. The van der Waals surface area contributed by atoms with Crippen molar-refractivity contribution >= 4 is 49.5 Å². The molecule has 1 N–H and O–H groups in total. The molecule has 0 spiro atoms. The predicted molar refractivity (Wildman–Crippen MR) is 85.9 cm³/mol. The first kappa shape index (κ1) is 14.9. The largest absolute Gasteiger partial charge is 0.321 e. The highest BCUT2D eigenvalue weighted by molar-refractivity contribution is 9.11. The highest BCUT2D eigenvalue weighted by Gasteiger charge is 2.03. The second kappa shape index (κ2) is 6.81. The van der Waals surface area contributed by atoms with Crippen LogP contribution in [0.4, 0.5) is 10.1 Å². The zero-order valence-corrected chi connectivity index (χ0v) is 13.4. The van der Waals surface area contributed by atoms with E-state index < -0.39 is 0 Å². The second-order valence-corrected chi connectivity index (χ2v) is 5.77. The van der Waals surface area contributed by atoms with Gasteiger partial charge in [-0.15, -0.1) is 0 Å². The van der Waals surface area contributed by atoms with Gasteiger partial charge in [0.05, 0.1) is 5.69 Å². The van der Waals surface area contributed by atoms with Gasteiger partial charge >= 0.3 is 0 Å². The molecule has 0 aliphatic rings. The Morgan fingerprint density at radius 3 is 2.45 bits per heavy atom. The average molecular weight is 399 g/mol. The summed E-state index contributed by atoms with van der Waals surface area (Å²) in [6.07, 6.45) is 3.03. The van der Waals surface area contributed by atoms with E-state index in [0.29, 0.717) is 5.69 Å². The first-order chi connectivity index (χ1) is 9.54. The summed E-state index contributed by atoms with van der Waals surface area (Å²) in [5.41, 5.74) is 1.44. The van der Waals surface area contributed by atoms with Crippen molar-refractivity contribution in [2.45, 2.75) is 0 Å². The Kier molecular flexibility index (Phi) is 5.09. The molecule has 0 radical (unpaired) electrons. The highest BCUT2D eigenvalue weighted by Crippen LogP contribution is 2.26. The van der Waals surface area contributed by atoms with Gasteiger partial charge < -0.3 is 5.32 Å². The Morgan fingerprint density at radius 2 is 1.80 bits per heavy atom. The monoisotopic (exact) mass is 397 g/mol. The number of hydrogen-bond donors (Lipinski definition) is 1. The number of nitrogens with one attached hydrogen (secondary N) is 1. The van der Waals surface area contributed by atoms with Crippen LogP contribution in [0.5, 0.6) is 0 Å². The predicted octanol–water partition coefficient (Wildman–Crippen LogP) is 5.00. The minimum atomic E-state index is -0.301. The van der Waals surface area contributed by atoms with Crippen molar-refractivity contribution in [2.75, 3.05) is 5.32 Å². The fourth-order valence-electron chi connectivity index (χ4n) is 1.51. The topological polar surface area (TPSA) is 29.1 Å². The number of anilines is 1. The number of carbonyl (C=O) groups excluding carboxylic acids is 1. The summed E-state index contributed by atoms with van der Waals surface area (Å²) in [5.74, 6) is -0.553. The van der Waals surface area contributed by atoms with Crippen molar-refractivity contribution in [2.24, 2.45) is 0 Å². The minimum absolute atomic E-state index is 0.252. The second-order valence-electron chi connectivity index (χ2n) is 4.00. The third-order valence-corrected chi connectivity index (χ3v) is 3.64. The van der Waals surface area contributed by atoms with Crippen molar-refractivity contribution in [3.8, 4) is 0 Å². The maximum absolute atomic E-state index is 12.7. The summed E-state index contributed by atoms with van der Waals surface area (Å²) in [6, 6.07) is 11.4. The molecule has 0 unspecified atom stereocenters. The molecular weight excluding hydrogens is 389 g/mol. The van der Waals surface area contributed by atoms with Crippen molar-refractivity contribution < 1.29 is 9.18 Å². The summed E-state index contributed by atoms with van der Waals surface area (Å²) in [6.45, 7) is 0. The molecule has 5 heteroatoms. The molecule has 2 aromatic carbocycles. The third-order valence-electron chi connectivity index (χ3n) is 2.49. The number of hydrogen-bond acceptors (Lipinski definition) is 1. The van der Waals surface area contributed by atoms with Crippen LogP contribution in [0.3, 0.4) is 0 Å². The highest BCUT2D eigenvalue weighted by atomic mass is 79.9.